The molecule has 0 amide bonds. The van der Waals surface area contributed by atoms with Crippen molar-refractivity contribution in [2.24, 2.45) is 0 Å². The van der Waals surface area contributed by atoms with Gasteiger partial charge in [0.05, 0.1) is 6.54 Å². The van der Waals surface area contributed by atoms with Gasteiger partial charge in [-0.25, -0.2) is 0 Å². The lowest BCUT2D eigenvalue weighted by molar-refractivity contribution is 0.352. The van der Waals surface area contributed by atoms with E-state index in [2.05, 4.69) is 45.0 Å². The summed E-state index contributed by atoms with van der Waals surface area (Å²) in [6.45, 7) is 4.39. The van der Waals surface area contributed by atoms with Gasteiger partial charge in [-0.15, -0.1) is 0 Å². The van der Waals surface area contributed by atoms with Crippen molar-refractivity contribution in [1.29, 1.82) is 0 Å². The normalized spacial score (nSPS) is 18.9. The molecule has 0 fully saturated rings. The zero-order valence-corrected chi connectivity index (χ0v) is 11.0. The number of aromatic nitrogens is 2. The summed E-state index contributed by atoms with van der Waals surface area (Å²) in [5.41, 5.74) is 2.72. The van der Waals surface area contributed by atoms with Crippen LogP contribution in [0.5, 0.6) is 0 Å². The minimum Gasteiger partial charge on any atom is -0.338 e. The smallest absolute Gasteiger partial charge is 0.240 e. The lowest BCUT2D eigenvalue weighted by atomic mass is 9.99. The first-order chi connectivity index (χ1) is 9.33. The largest absolute Gasteiger partial charge is 0.338 e. The molecule has 100 valence electrons. The summed E-state index contributed by atoms with van der Waals surface area (Å²) < 4.78 is 5.14. The van der Waals surface area contributed by atoms with Gasteiger partial charge in [-0.1, -0.05) is 29.4 Å². The highest BCUT2D eigenvalue weighted by atomic mass is 16.5. The maximum absolute atomic E-state index is 5.14. The molecule has 0 saturated heterocycles. The Hall–Kier alpha value is -1.72. The van der Waals surface area contributed by atoms with E-state index in [1.54, 1.807) is 0 Å². The Balaban J connectivity index is 1.73. The first-order valence-electron chi connectivity index (χ1n) is 6.64. The van der Waals surface area contributed by atoms with Gasteiger partial charge in [-0.2, -0.15) is 4.98 Å². The molecule has 0 spiro atoms. The van der Waals surface area contributed by atoms with Crippen LogP contribution >= 0.6 is 0 Å². The van der Waals surface area contributed by atoms with Crippen LogP contribution in [0, 0.1) is 6.92 Å². The Bertz CT molecular complexity index is 552. The zero-order valence-electron chi connectivity index (χ0n) is 11.0. The van der Waals surface area contributed by atoms with E-state index in [0.29, 0.717) is 24.3 Å². The van der Waals surface area contributed by atoms with E-state index in [9.17, 15) is 0 Å². The molecular formula is C14H18N4O. The van der Waals surface area contributed by atoms with Crippen LogP contribution < -0.4 is 10.6 Å². The van der Waals surface area contributed by atoms with E-state index >= 15 is 0 Å². The molecule has 0 radical (unpaired) electrons. The van der Waals surface area contributed by atoms with Crippen molar-refractivity contribution in [3.05, 3.63) is 47.1 Å². The predicted octanol–water partition coefficient (Wildman–Crippen LogP) is 1.70. The highest BCUT2D eigenvalue weighted by Gasteiger charge is 2.18. The Morgan fingerprint density at radius 3 is 3.16 bits per heavy atom. The average molecular weight is 258 g/mol. The molecule has 2 N–H and O–H groups in total. The number of hydrogen-bond donors (Lipinski definition) is 2. The molecule has 1 unspecified atom stereocenters. The van der Waals surface area contributed by atoms with Crippen molar-refractivity contribution in [2.45, 2.75) is 32.5 Å². The number of aryl methyl sites for hydroxylation is 1. The van der Waals surface area contributed by atoms with Gasteiger partial charge in [0, 0.05) is 12.6 Å². The molecule has 0 bridgehead atoms. The van der Waals surface area contributed by atoms with Crippen LogP contribution in [0.2, 0.25) is 0 Å². The van der Waals surface area contributed by atoms with Gasteiger partial charge in [0.1, 0.15) is 0 Å². The minimum absolute atomic E-state index is 0.332. The lowest BCUT2D eigenvalue weighted by Crippen LogP contribution is -2.22. The quantitative estimate of drug-likeness (QED) is 0.877. The zero-order chi connectivity index (χ0) is 13.1. The molecule has 1 aliphatic rings. The van der Waals surface area contributed by atoms with Gasteiger partial charge < -0.3 is 15.2 Å². The fourth-order valence-corrected chi connectivity index (χ4v) is 2.49. The second-order valence-electron chi connectivity index (χ2n) is 4.83. The molecule has 0 aliphatic carbocycles. The molecule has 1 atom stereocenters. The van der Waals surface area contributed by atoms with E-state index in [-0.39, 0.29) is 0 Å². The van der Waals surface area contributed by atoms with Crippen molar-refractivity contribution in [3.8, 4) is 0 Å². The molecule has 2 heterocycles. The van der Waals surface area contributed by atoms with Gasteiger partial charge in [0.2, 0.25) is 5.89 Å². The van der Waals surface area contributed by atoms with Gasteiger partial charge in [0.15, 0.2) is 5.82 Å². The summed E-state index contributed by atoms with van der Waals surface area (Å²) in [5, 5.41) is 10.8. The Kier molecular flexibility index (Phi) is 3.57. The molecule has 5 heteroatoms. The summed E-state index contributed by atoms with van der Waals surface area (Å²) in [7, 11) is 0. The van der Waals surface area contributed by atoms with Gasteiger partial charge in [-0.3, -0.25) is 0 Å². The summed E-state index contributed by atoms with van der Waals surface area (Å²) >= 11 is 0. The van der Waals surface area contributed by atoms with Gasteiger partial charge >= 0.3 is 0 Å². The monoisotopic (exact) mass is 258 g/mol. The van der Waals surface area contributed by atoms with Crippen molar-refractivity contribution in [2.75, 3.05) is 6.54 Å². The van der Waals surface area contributed by atoms with Crippen molar-refractivity contribution >= 4 is 0 Å². The number of nitrogens with zero attached hydrogens (tertiary/aromatic N) is 2. The average Bonchev–Trinajstić information content (AvgIpc) is 2.73. The number of hydrogen-bond acceptors (Lipinski definition) is 5. The summed E-state index contributed by atoms with van der Waals surface area (Å²) in [6, 6.07) is 8.89. The number of fused-ring (bicyclic) bond motifs is 1. The van der Waals surface area contributed by atoms with Crippen LogP contribution in [0.25, 0.3) is 0 Å². The second-order valence-corrected chi connectivity index (χ2v) is 4.83. The Morgan fingerprint density at radius 2 is 2.32 bits per heavy atom. The van der Waals surface area contributed by atoms with Crippen LogP contribution in [-0.4, -0.2) is 16.7 Å². The van der Waals surface area contributed by atoms with Crippen molar-refractivity contribution < 1.29 is 4.52 Å². The van der Waals surface area contributed by atoms with Gasteiger partial charge in [-0.05, 0) is 31.0 Å². The third-order valence-corrected chi connectivity index (χ3v) is 3.43. The third-order valence-electron chi connectivity index (χ3n) is 3.43. The fourth-order valence-electron chi connectivity index (χ4n) is 2.49. The minimum atomic E-state index is 0.332. The third kappa shape index (κ3) is 2.83. The van der Waals surface area contributed by atoms with E-state index < -0.39 is 0 Å². The van der Waals surface area contributed by atoms with Crippen molar-refractivity contribution in [3.63, 3.8) is 0 Å². The first-order valence-corrected chi connectivity index (χ1v) is 6.64. The number of rotatable bonds is 3. The van der Waals surface area contributed by atoms with Crippen molar-refractivity contribution in [1.82, 2.24) is 20.8 Å². The molecule has 1 aromatic heterocycles. The molecule has 2 aromatic rings. The molecular weight excluding hydrogens is 240 g/mol. The fraction of sp³-hybridized carbons (Fsp3) is 0.429. The lowest BCUT2D eigenvalue weighted by Gasteiger charge is -2.17. The van der Waals surface area contributed by atoms with Crippen LogP contribution in [0.1, 0.15) is 35.3 Å². The second kappa shape index (κ2) is 5.50. The van der Waals surface area contributed by atoms with E-state index in [1.807, 2.05) is 6.92 Å². The molecule has 1 aliphatic heterocycles. The van der Waals surface area contributed by atoms with E-state index in [0.717, 1.165) is 19.5 Å². The highest BCUT2D eigenvalue weighted by molar-refractivity contribution is 5.31. The van der Waals surface area contributed by atoms with Gasteiger partial charge in [0.25, 0.3) is 0 Å². The maximum Gasteiger partial charge on any atom is 0.240 e. The molecule has 5 nitrogen and oxygen atoms in total. The molecule has 1 aromatic carbocycles. The van der Waals surface area contributed by atoms with Crippen LogP contribution in [0.3, 0.4) is 0 Å². The van der Waals surface area contributed by atoms with Crippen LogP contribution in [0.4, 0.5) is 0 Å². The highest BCUT2D eigenvalue weighted by Crippen LogP contribution is 2.23. The number of nitrogens with one attached hydrogen (secondary N) is 2. The topological polar surface area (TPSA) is 63.0 Å². The van der Waals surface area contributed by atoms with E-state index in [1.165, 1.54) is 11.1 Å². The Labute approximate surface area is 112 Å². The predicted molar refractivity (Wildman–Crippen MR) is 71.4 cm³/mol. The van der Waals surface area contributed by atoms with Crippen LogP contribution in [-0.2, 0) is 13.1 Å². The standard InChI is InChI=1S/C14H18N4O/c1-10-17-14(19-18-10)9-16-13-6-7-15-8-11-4-2-3-5-12(11)13/h2-5,13,15-16H,6-9H2,1H3. The summed E-state index contributed by atoms with van der Waals surface area (Å²) in [6.07, 6.45) is 1.06. The SMILES string of the molecule is Cc1noc(CNC2CCNCc3ccccc32)n1. The first kappa shape index (κ1) is 12.3. The van der Waals surface area contributed by atoms with Crippen LogP contribution in [0.15, 0.2) is 28.8 Å². The number of benzene rings is 1. The van der Waals surface area contributed by atoms with E-state index in [4.69, 9.17) is 4.52 Å². The molecule has 19 heavy (non-hydrogen) atoms. The maximum atomic E-state index is 5.14. The Morgan fingerprint density at radius 1 is 1.42 bits per heavy atom. The molecule has 0 saturated carbocycles. The summed E-state index contributed by atoms with van der Waals surface area (Å²) in [5.74, 6) is 1.33. The molecule has 3 rings (SSSR count). The summed E-state index contributed by atoms with van der Waals surface area (Å²) in [4.78, 5) is 4.22.